The van der Waals surface area contributed by atoms with Gasteiger partial charge in [0.15, 0.2) is 0 Å². The number of nitrogens with one attached hydrogen (secondary N) is 1. The van der Waals surface area contributed by atoms with Crippen LogP contribution in [0.2, 0.25) is 0 Å². The van der Waals surface area contributed by atoms with Gasteiger partial charge in [0.05, 0.1) is 6.61 Å². The van der Waals surface area contributed by atoms with E-state index >= 15 is 0 Å². The van der Waals surface area contributed by atoms with Crippen LogP contribution in [0.1, 0.15) is 6.92 Å². The Morgan fingerprint density at radius 2 is 1.82 bits per heavy atom. The molecule has 0 saturated heterocycles. The topological polar surface area (TPSA) is 82.3 Å². The monoisotopic (exact) mass is 383 g/mol. The van der Waals surface area contributed by atoms with Gasteiger partial charge in [0.1, 0.15) is 18.1 Å². The summed E-state index contributed by atoms with van der Waals surface area (Å²) in [7, 11) is 0. The number of nitrogens with zero attached hydrogens (tertiary/aromatic N) is 2. The molecule has 0 atom stereocenters. The molecule has 2 aromatic carbocycles. The number of benzene rings is 2. The van der Waals surface area contributed by atoms with Gasteiger partial charge in [-0.1, -0.05) is 6.07 Å². The number of hydrogen-bond donors (Lipinski definition) is 1. The average Bonchev–Trinajstić information content (AvgIpc) is 2.67. The molecule has 1 amide bonds. The van der Waals surface area contributed by atoms with Gasteiger partial charge in [-0.3, -0.25) is 23.5 Å². The van der Waals surface area contributed by atoms with Crippen molar-refractivity contribution in [2.24, 2.45) is 0 Å². The van der Waals surface area contributed by atoms with Crippen molar-refractivity contribution in [3.63, 3.8) is 0 Å². The van der Waals surface area contributed by atoms with Crippen molar-refractivity contribution < 1.29 is 13.9 Å². The lowest BCUT2D eigenvalue weighted by atomic mass is 10.3. The third kappa shape index (κ3) is 4.35. The van der Waals surface area contributed by atoms with Gasteiger partial charge in [0.2, 0.25) is 5.91 Å². The maximum absolute atomic E-state index is 13.2. The highest BCUT2D eigenvalue weighted by molar-refractivity contribution is 5.90. The summed E-state index contributed by atoms with van der Waals surface area (Å²) in [5, 5.41) is 2.48. The second-order valence-electron chi connectivity index (χ2n) is 5.89. The molecule has 1 N–H and O–H groups in total. The molecular weight excluding hydrogens is 365 g/mol. The Balaban J connectivity index is 1.79. The molecule has 1 aromatic heterocycles. The Labute approximate surface area is 159 Å². The summed E-state index contributed by atoms with van der Waals surface area (Å²) in [6.45, 7) is 2.02. The summed E-state index contributed by atoms with van der Waals surface area (Å²) < 4.78 is 20.7. The lowest BCUT2D eigenvalue weighted by Gasteiger charge is -2.10. The fourth-order valence-electron chi connectivity index (χ4n) is 2.63. The molecule has 28 heavy (non-hydrogen) atoms. The molecule has 0 unspecified atom stereocenters. The molecular formula is C20H18FN3O4. The van der Waals surface area contributed by atoms with Crippen LogP contribution < -0.4 is 21.2 Å². The van der Waals surface area contributed by atoms with Gasteiger partial charge in [-0.25, -0.2) is 4.39 Å². The van der Waals surface area contributed by atoms with Crippen LogP contribution in [0.3, 0.4) is 0 Å². The fraction of sp³-hybridized carbons (Fsp3) is 0.150. The number of halogens is 1. The van der Waals surface area contributed by atoms with Crippen molar-refractivity contribution in [2.75, 3.05) is 11.9 Å². The summed E-state index contributed by atoms with van der Waals surface area (Å²) >= 11 is 0. The van der Waals surface area contributed by atoms with E-state index < -0.39 is 22.8 Å². The number of carbonyl (C=O) groups is 1. The predicted octanol–water partition coefficient (Wildman–Crippen LogP) is 2.18. The van der Waals surface area contributed by atoms with E-state index in [1.165, 1.54) is 35.2 Å². The van der Waals surface area contributed by atoms with Crippen molar-refractivity contribution in [1.82, 2.24) is 9.13 Å². The van der Waals surface area contributed by atoms with E-state index in [-0.39, 0.29) is 12.2 Å². The molecule has 144 valence electrons. The van der Waals surface area contributed by atoms with Gasteiger partial charge in [0.25, 0.3) is 0 Å². The van der Waals surface area contributed by atoms with Gasteiger partial charge in [-0.2, -0.15) is 0 Å². The largest absolute Gasteiger partial charge is 0.494 e. The van der Waals surface area contributed by atoms with Crippen LogP contribution in [-0.2, 0) is 11.3 Å². The van der Waals surface area contributed by atoms with Crippen LogP contribution in [0.4, 0.5) is 10.1 Å². The molecule has 1 heterocycles. The fourth-order valence-corrected chi connectivity index (χ4v) is 2.63. The molecule has 3 rings (SSSR count). The molecule has 3 aromatic rings. The Kier molecular flexibility index (Phi) is 5.69. The van der Waals surface area contributed by atoms with Gasteiger partial charge in [-0.15, -0.1) is 0 Å². The van der Waals surface area contributed by atoms with Crippen LogP contribution in [0.5, 0.6) is 5.75 Å². The molecule has 0 saturated carbocycles. The summed E-state index contributed by atoms with van der Waals surface area (Å²) in [6, 6.07) is 12.1. The molecule has 0 radical (unpaired) electrons. The van der Waals surface area contributed by atoms with Gasteiger partial charge >= 0.3 is 11.1 Å². The zero-order valence-electron chi connectivity index (χ0n) is 15.1. The molecule has 0 spiro atoms. The molecule has 0 aliphatic rings. The van der Waals surface area contributed by atoms with E-state index in [0.717, 1.165) is 10.6 Å². The van der Waals surface area contributed by atoms with Crippen molar-refractivity contribution in [1.29, 1.82) is 0 Å². The maximum atomic E-state index is 13.2. The first-order valence-electron chi connectivity index (χ1n) is 8.58. The lowest BCUT2D eigenvalue weighted by molar-refractivity contribution is -0.116. The second kappa shape index (κ2) is 8.34. The number of rotatable bonds is 6. The van der Waals surface area contributed by atoms with E-state index in [9.17, 15) is 18.8 Å². The molecule has 0 fully saturated rings. The standard InChI is InChI=1S/C20H18FN3O4/c1-2-28-17-8-6-16(7-9-17)24-11-10-23(19(26)20(24)27)13-18(25)22-15-5-3-4-14(21)12-15/h3-12H,2,13H2,1H3,(H,22,25). The third-order valence-corrected chi connectivity index (χ3v) is 3.91. The number of aromatic nitrogens is 2. The summed E-state index contributed by atoms with van der Waals surface area (Å²) in [5.74, 6) is -0.388. The predicted molar refractivity (Wildman–Crippen MR) is 102 cm³/mol. The first kappa shape index (κ1) is 19.1. The highest BCUT2D eigenvalue weighted by atomic mass is 19.1. The summed E-state index contributed by atoms with van der Waals surface area (Å²) in [4.78, 5) is 36.8. The van der Waals surface area contributed by atoms with Crippen LogP contribution in [0.25, 0.3) is 5.69 Å². The quantitative estimate of drug-likeness (QED) is 0.662. The first-order chi connectivity index (χ1) is 13.5. The average molecular weight is 383 g/mol. The van der Waals surface area contributed by atoms with E-state index in [1.54, 1.807) is 24.3 Å². The van der Waals surface area contributed by atoms with Gasteiger partial charge in [0, 0.05) is 23.8 Å². The first-order valence-corrected chi connectivity index (χ1v) is 8.58. The minimum Gasteiger partial charge on any atom is -0.494 e. The lowest BCUT2D eigenvalue weighted by Crippen LogP contribution is -2.41. The van der Waals surface area contributed by atoms with Crippen molar-refractivity contribution >= 4 is 11.6 Å². The zero-order chi connectivity index (χ0) is 20.1. The van der Waals surface area contributed by atoms with E-state index in [4.69, 9.17) is 4.74 Å². The second-order valence-corrected chi connectivity index (χ2v) is 5.89. The van der Waals surface area contributed by atoms with Crippen molar-refractivity contribution in [2.45, 2.75) is 13.5 Å². The van der Waals surface area contributed by atoms with Crippen LogP contribution in [-0.4, -0.2) is 21.6 Å². The van der Waals surface area contributed by atoms with Gasteiger partial charge < -0.3 is 10.1 Å². The molecule has 7 nitrogen and oxygen atoms in total. The molecule has 0 aliphatic carbocycles. The van der Waals surface area contributed by atoms with Crippen molar-refractivity contribution in [3.8, 4) is 11.4 Å². The molecule has 0 aliphatic heterocycles. The molecule has 8 heteroatoms. The minimum absolute atomic E-state index is 0.265. The Hall–Kier alpha value is -3.68. The Bertz CT molecular complexity index is 1100. The number of anilines is 1. The zero-order valence-corrected chi connectivity index (χ0v) is 15.1. The van der Waals surface area contributed by atoms with Crippen LogP contribution >= 0.6 is 0 Å². The van der Waals surface area contributed by atoms with Crippen LogP contribution in [0, 0.1) is 5.82 Å². The smallest absolute Gasteiger partial charge is 0.320 e. The van der Waals surface area contributed by atoms with Gasteiger partial charge in [-0.05, 0) is 49.4 Å². The number of ether oxygens (including phenoxy) is 1. The summed E-state index contributed by atoms with van der Waals surface area (Å²) in [6.07, 6.45) is 2.76. The van der Waals surface area contributed by atoms with E-state index in [2.05, 4.69) is 5.32 Å². The summed E-state index contributed by atoms with van der Waals surface area (Å²) in [5.41, 5.74) is -0.862. The highest BCUT2D eigenvalue weighted by Crippen LogP contribution is 2.14. The molecule has 0 bridgehead atoms. The number of carbonyl (C=O) groups excluding carboxylic acids is 1. The van der Waals surface area contributed by atoms with E-state index in [1.807, 2.05) is 6.92 Å². The number of hydrogen-bond acceptors (Lipinski definition) is 4. The maximum Gasteiger partial charge on any atom is 0.320 e. The minimum atomic E-state index is -0.842. The highest BCUT2D eigenvalue weighted by Gasteiger charge is 2.10. The third-order valence-electron chi connectivity index (χ3n) is 3.91. The Morgan fingerprint density at radius 1 is 1.07 bits per heavy atom. The van der Waals surface area contributed by atoms with Crippen LogP contribution in [0.15, 0.2) is 70.5 Å². The normalized spacial score (nSPS) is 10.5. The SMILES string of the molecule is CCOc1ccc(-n2ccn(CC(=O)Nc3cccc(F)c3)c(=O)c2=O)cc1. The van der Waals surface area contributed by atoms with E-state index in [0.29, 0.717) is 18.0 Å². The Morgan fingerprint density at radius 3 is 2.50 bits per heavy atom. The van der Waals surface area contributed by atoms with Crippen molar-refractivity contribution in [3.05, 3.63) is 87.4 Å². The number of amides is 1.